The number of nitrogens with one attached hydrogen (secondary N) is 1. The number of piperazine rings is 1. The molecular formula is C16H23Cl2N3O. The van der Waals surface area contributed by atoms with Crippen molar-refractivity contribution in [1.29, 1.82) is 0 Å². The van der Waals surface area contributed by atoms with Gasteiger partial charge in [0.05, 0.1) is 10.6 Å². The van der Waals surface area contributed by atoms with Gasteiger partial charge in [0.25, 0.3) is 5.91 Å². The first kappa shape index (κ1) is 17.5. The first-order chi connectivity index (χ1) is 10.1. The molecule has 1 amide bonds. The van der Waals surface area contributed by atoms with E-state index in [0.717, 1.165) is 51.3 Å². The Kier molecular flexibility index (Phi) is 6.09. The second-order valence-electron chi connectivity index (χ2n) is 5.96. The highest BCUT2D eigenvalue weighted by Gasteiger charge is 2.31. The van der Waals surface area contributed by atoms with Crippen LogP contribution in [-0.4, -0.2) is 61.0 Å². The number of amides is 1. The zero-order valence-corrected chi connectivity index (χ0v) is 14.4. The highest BCUT2D eigenvalue weighted by Crippen LogP contribution is 2.23. The van der Waals surface area contributed by atoms with E-state index in [1.54, 1.807) is 0 Å². The van der Waals surface area contributed by atoms with Gasteiger partial charge in [-0.05, 0) is 31.0 Å². The van der Waals surface area contributed by atoms with Gasteiger partial charge in [0.15, 0.2) is 0 Å². The molecule has 3 rings (SSSR count). The second-order valence-corrected chi connectivity index (χ2v) is 6.37. The largest absolute Gasteiger partial charge is 0.337 e. The lowest BCUT2D eigenvalue weighted by Crippen LogP contribution is -2.49. The average molecular weight is 344 g/mol. The Bertz CT molecular complexity index is 532. The van der Waals surface area contributed by atoms with Crippen molar-refractivity contribution in [3.8, 4) is 0 Å². The molecule has 6 heteroatoms. The first-order valence-corrected chi connectivity index (χ1v) is 8.03. The maximum absolute atomic E-state index is 12.6. The number of halogens is 2. The zero-order chi connectivity index (χ0) is 14.8. The molecule has 2 saturated heterocycles. The maximum Gasteiger partial charge on any atom is 0.255 e. The van der Waals surface area contributed by atoms with Crippen molar-refractivity contribution >= 4 is 29.9 Å². The Balaban J connectivity index is 0.00000176. The van der Waals surface area contributed by atoms with E-state index in [9.17, 15) is 4.79 Å². The van der Waals surface area contributed by atoms with Gasteiger partial charge in [0, 0.05) is 45.3 Å². The van der Waals surface area contributed by atoms with Gasteiger partial charge in [-0.15, -0.1) is 12.4 Å². The minimum absolute atomic E-state index is 0. The number of hydrogen-bond donors (Lipinski definition) is 1. The smallest absolute Gasteiger partial charge is 0.255 e. The highest BCUT2D eigenvalue weighted by molar-refractivity contribution is 6.33. The Labute approximate surface area is 143 Å². The summed E-state index contributed by atoms with van der Waals surface area (Å²) in [4.78, 5) is 17.1. The molecule has 1 aromatic rings. The van der Waals surface area contributed by atoms with Gasteiger partial charge in [-0.2, -0.15) is 0 Å². The van der Waals surface area contributed by atoms with Gasteiger partial charge in [0.1, 0.15) is 0 Å². The molecule has 0 saturated carbocycles. The van der Waals surface area contributed by atoms with Crippen molar-refractivity contribution in [2.45, 2.75) is 19.4 Å². The fourth-order valence-electron chi connectivity index (χ4n) is 3.24. The zero-order valence-electron chi connectivity index (χ0n) is 12.8. The van der Waals surface area contributed by atoms with Crippen LogP contribution < -0.4 is 5.32 Å². The predicted molar refractivity (Wildman–Crippen MR) is 92.2 cm³/mol. The standard InChI is InChI=1S/C16H22ClN3O.ClH/c1-12-2-3-14(15(17)10-12)16(21)20-7-4-13(11-20)19-8-5-18-6-9-19;/h2-3,10,13,18H,4-9,11H2,1H3;1H. The number of carbonyl (C=O) groups is 1. The van der Waals surface area contributed by atoms with E-state index in [1.165, 1.54) is 0 Å². The third-order valence-electron chi connectivity index (χ3n) is 4.47. The van der Waals surface area contributed by atoms with Crippen LogP contribution in [0.3, 0.4) is 0 Å². The third kappa shape index (κ3) is 3.74. The molecular weight excluding hydrogens is 321 g/mol. The summed E-state index contributed by atoms with van der Waals surface area (Å²) in [6.07, 6.45) is 1.06. The lowest BCUT2D eigenvalue weighted by Gasteiger charge is -2.32. The molecule has 2 aliphatic rings. The Morgan fingerprint density at radius 1 is 1.27 bits per heavy atom. The lowest BCUT2D eigenvalue weighted by molar-refractivity contribution is 0.0773. The number of benzene rings is 1. The van der Waals surface area contributed by atoms with Crippen molar-refractivity contribution in [2.24, 2.45) is 0 Å². The fraction of sp³-hybridized carbons (Fsp3) is 0.562. The van der Waals surface area contributed by atoms with E-state index in [-0.39, 0.29) is 18.3 Å². The molecule has 0 spiro atoms. The van der Waals surface area contributed by atoms with Gasteiger partial charge >= 0.3 is 0 Å². The summed E-state index contributed by atoms with van der Waals surface area (Å²) in [6, 6.07) is 6.15. The van der Waals surface area contributed by atoms with Crippen LogP contribution in [-0.2, 0) is 0 Å². The maximum atomic E-state index is 12.6. The van der Waals surface area contributed by atoms with Crippen LogP contribution in [0.5, 0.6) is 0 Å². The number of aryl methyl sites for hydroxylation is 1. The van der Waals surface area contributed by atoms with E-state index >= 15 is 0 Å². The van der Waals surface area contributed by atoms with Crippen molar-refractivity contribution in [2.75, 3.05) is 39.3 Å². The SMILES string of the molecule is Cc1ccc(C(=O)N2CCC(N3CCNCC3)C2)c(Cl)c1.Cl. The summed E-state index contributed by atoms with van der Waals surface area (Å²) in [5, 5.41) is 3.93. The summed E-state index contributed by atoms with van der Waals surface area (Å²) in [5.41, 5.74) is 1.71. The first-order valence-electron chi connectivity index (χ1n) is 7.65. The van der Waals surface area contributed by atoms with Crippen molar-refractivity contribution in [3.63, 3.8) is 0 Å². The number of hydrogen-bond acceptors (Lipinski definition) is 3. The minimum Gasteiger partial charge on any atom is -0.337 e. The van der Waals surface area contributed by atoms with Gasteiger partial charge in [-0.3, -0.25) is 9.69 Å². The van der Waals surface area contributed by atoms with Crippen LogP contribution in [0.15, 0.2) is 18.2 Å². The fourth-order valence-corrected chi connectivity index (χ4v) is 3.55. The number of nitrogens with zero attached hydrogens (tertiary/aromatic N) is 2. The number of carbonyl (C=O) groups excluding carboxylic acids is 1. The average Bonchev–Trinajstić information content (AvgIpc) is 2.97. The molecule has 1 atom stereocenters. The van der Waals surface area contributed by atoms with E-state index in [4.69, 9.17) is 11.6 Å². The monoisotopic (exact) mass is 343 g/mol. The number of rotatable bonds is 2. The minimum atomic E-state index is 0. The molecule has 1 unspecified atom stereocenters. The normalized spacial score (nSPS) is 22.5. The van der Waals surface area contributed by atoms with Crippen LogP contribution >= 0.6 is 24.0 Å². The molecule has 1 aromatic carbocycles. The van der Waals surface area contributed by atoms with Crippen LogP contribution in [0.25, 0.3) is 0 Å². The van der Waals surface area contributed by atoms with Crippen LogP contribution in [0.2, 0.25) is 5.02 Å². The third-order valence-corrected chi connectivity index (χ3v) is 4.79. The Morgan fingerprint density at radius 3 is 2.68 bits per heavy atom. The van der Waals surface area contributed by atoms with Gasteiger partial charge in [-0.25, -0.2) is 0 Å². The van der Waals surface area contributed by atoms with Gasteiger partial charge < -0.3 is 10.2 Å². The molecule has 122 valence electrons. The Hall–Kier alpha value is -0.810. The quantitative estimate of drug-likeness (QED) is 0.893. The summed E-state index contributed by atoms with van der Waals surface area (Å²) in [5.74, 6) is 0.0673. The molecule has 0 radical (unpaired) electrons. The van der Waals surface area contributed by atoms with Crippen molar-refractivity contribution in [3.05, 3.63) is 34.3 Å². The molecule has 0 aromatic heterocycles. The van der Waals surface area contributed by atoms with Crippen LogP contribution in [0.4, 0.5) is 0 Å². The molecule has 22 heavy (non-hydrogen) atoms. The molecule has 0 bridgehead atoms. The Morgan fingerprint density at radius 2 is 2.00 bits per heavy atom. The molecule has 4 nitrogen and oxygen atoms in total. The lowest BCUT2D eigenvalue weighted by atomic mass is 10.1. The van der Waals surface area contributed by atoms with Gasteiger partial charge in [-0.1, -0.05) is 17.7 Å². The van der Waals surface area contributed by atoms with E-state index in [2.05, 4.69) is 10.2 Å². The molecule has 2 fully saturated rings. The van der Waals surface area contributed by atoms with E-state index < -0.39 is 0 Å². The molecule has 2 heterocycles. The van der Waals surface area contributed by atoms with E-state index in [1.807, 2.05) is 30.0 Å². The van der Waals surface area contributed by atoms with Crippen molar-refractivity contribution in [1.82, 2.24) is 15.1 Å². The number of likely N-dealkylation sites (tertiary alicyclic amines) is 1. The summed E-state index contributed by atoms with van der Waals surface area (Å²) in [7, 11) is 0. The van der Waals surface area contributed by atoms with Gasteiger partial charge in [0.2, 0.25) is 0 Å². The van der Waals surface area contributed by atoms with Crippen molar-refractivity contribution < 1.29 is 4.79 Å². The molecule has 2 aliphatic heterocycles. The molecule has 0 aliphatic carbocycles. The summed E-state index contributed by atoms with van der Waals surface area (Å²) in [6.45, 7) is 7.90. The highest BCUT2D eigenvalue weighted by atomic mass is 35.5. The van der Waals surface area contributed by atoms with E-state index in [0.29, 0.717) is 16.6 Å². The summed E-state index contributed by atoms with van der Waals surface area (Å²) < 4.78 is 0. The second kappa shape index (κ2) is 7.64. The predicted octanol–water partition coefficient (Wildman–Crippen LogP) is 2.19. The summed E-state index contributed by atoms with van der Waals surface area (Å²) >= 11 is 6.22. The van der Waals surface area contributed by atoms with Crippen LogP contribution in [0, 0.1) is 6.92 Å². The van der Waals surface area contributed by atoms with Crippen LogP contribution in [0.1, 0.15) is 22.3 Å². The topological polar surface area (TPSA) is 35.6 Å². The molecule has 1 N–H and O–H groups in total.